The molecule has 1 aliphatic rings. The van der Waals surface area contributed by atoms with E-state index in [-0.39, 0.29) is 18.3 Å². The van der Waals surface area contributed by atoms with Crippen LogP contribution in [0.25, 0.3) is 11.2 Å². The molecule has 1 fully saturated rings. The van der Waals surface area contributed by atoms with Gasteiger partial charge in [0.2, 0.25) is 0 Å². The number of imidazole rings is 1. The molecular formula is C32H45N4O5P. The monoisotopic (exact) mass is 596 g/mol. The number of hydrogen-bond donors (Lipinski definition) is 0. The van der Waals surface area contributed by atoms with Crippen LogP contribution in [0.5, 0.6) is 0 Å². The molecule has 4 rings (SSSR count). The van der Waals surface area contributed by atoms with Crippen molar-refractivity contribution in [2.24, 2.45) is 5.92 Å². The van der Waals surface area contributed by atoms with Gasteiger partial charge < -0.3 is 13.6 Å². The van der Waals surface area contributed by atoms with Crippen LogP contribution in [0.1, 0.15) is 76.2 Å². The Balaban J connectivity index is 1.70. The summed E-state index contributed by atoms with van der Waals surface area (Å²) in [6.07, 6.45) is 14.0. The third-order valence-corrected chi connectivity index (χ3v) is 10.3. The van der Waals surface area contributed by atoms with Gasteiger partial charge in [-0.3, -0.25) is 13.9 Å². The van der Waals surface area contributed by atoms with Crippen molar-refractivity contribution in [3.05, 3.63) is 62.1 Å². The first kappa shape index (κ1) is 32.0. The molecule has 0 spiro atoms. The lowest BCUT2D eigenvalue weighted by molar-refractivity contribution is 0.219. The zero-order valence-electron chi connectivity index (χ0n) is 25.3. The minimum absolute atomic E-state index is 0.106. The molecule has 3 aromatic rings. The molecule has 0 amide bonds. The molecule has 0 unspecified atom stereocenters. The topological polar surface area (TPSA) is 97.3 Å². The second-order valence-corrected chi connectivity index (χ2v) is 13.2. The summed E-state index contributed by atoms with van der Waals surface area (Å²) in [5.74, 6) is 3.76. The van der Waals surface area contributed by atoms with Crippen LogP contribution in [0.15, 0.2) is 33.9 Å². The molecule has 2 aromatic heterocycles. The Morgan fingerprint density at radius 3 is 2.24 bits per heavy atom. The fraction of sp³-hybridized carbons (Fsp3) is 0.594. The van der Waals surface area contributed by atoms with Crippen LogP contribution in [0, 0.1) is 18.3 Å². The lowest BCUT2D eigenvalue weighted by Crippen LogP contribution is -2.40. The number of terminal acetylenes is 1. The van der Waals surface area contributed by atoms with E-state index in [4.69, 9.17) is 20.5 Å². The van der Waals surface area contributed by atoms with E-state index in [0.29, 0.717) is 62.6 Å². The molecule has 10 heteroatoms. The van der Waals surface area contributed by atoms with Crippen LogP contribution < -0.4 is 11.2 Å². The maximum atomic E-state index is 13.8. The number of benzene rings is 1. The van der Waals surface area contributed by atoms with Crippen LogP contribution in [0.2, 0.25) is 0 Å². The van der Waals surface area contributed by atoms with Crippen molar-refractivity contribution in [2.45, 2.75) is 98.2 Å². The first-order chi connectivity index (χ1) is 20.3. The number of unbranched alkanes of at least 4 members (excludes halogenated alkanes) is 1. The maximum absolute atomic E-state index is 13.8. The predicted molar refractivity (Wildman–Crippen MR) is 167 cm³/mol. The van der Waals surface area contributed by atoms with Crippen molar-refractivity contribution in [1.82, 2.24) is 18.7 Å². The van der Waals surface area contributed by atoms with Crippen LogP contribution in [-0.2, 0) is 52.5 Å². The predicted octanol–water partition coefficient (Wildman–Crippen LogP) is 5.58. The molecule has 0 aliphatic heterocycles. The summed E-state index contributed by atoms with van der Waals surface area (Å²) in [5.41, 5.74) is 2.51. The van der Waals surface area contributed by atoms with Crippen LogP contribution >= 0.6 is 7.60 Å². The molecule has 228 valence electrons. The smallest absolute Gasteiger partial charge is 0.322 e. The summed E-state index contributed by atoms with van der Waals surface area (Å²) in [7, 11) is -3.18. The SMILES string of the molecule is C#CCn1c(=O)c2c(nc(CCc3ccc(CC)cc3)n2CC2CCCC2)n(CCCCP(=O)(OCC)OCC)c1=O. The summed E-state index contributed by atoms with van der Waals surface area (Å²) >= 11 is 0. The van der Waals surface area contributed by atoms with Gasteiger partial charge in [0.05, 0.1) is 25.9 Å². The number of aryl methyl sites for hydroxylation is 4. The van der Waals surface area contributed by atoms with Gasteiger partial charge in [0.25, 0.3) is 5.56 Å². The van der Waals surface area contributed by atoms with Crippen molar-refractivity contribution in [2.75, 3.05) is 19.4 Å². The highest BCUT2D eigenvalue weighted by atomic mass is 31.2. The van der Waals surface area contributed by atoms with Gasteiger partial charge in [0.1, 0.15) is 5.82 Å². The number of aromatic nitrogens is 4. The zero-order chi connectivity index (χ0) is 30.1. The van der Waals surface area contributed by atoms with E-state index in [1.54, 1.807) is 18.4 Å². The van der Waals surface area contributed by atoms with Gasteiger partial charge >= 0.3 is 13.3 Å². The largest absolute Gasteiger partial charge is 0.333 e. The molecule has 42 heavy (non-hydrogen) atoms. The van der Waals surface area contributed by atoms with E-state index >= 15 is 0 Å². The third kappa shape index (κ3) is 7.53. The van der Waals surface area contributed by atoms with Gasteiger partial charge in [0, 0.05) is 19.5 Å². The van der Waals surface area contributed by atoms with Crippen molar-refractivity contribution < 1.29 is 13.6 Å². The van der Waals surface area contributed by atoms with E-state index < -0.39 is 13.3 Å². The Hall–Kier alpha value is -2.92. The standard InChI is InChI=1S/C32H45N4O5P/c1-5-21-35-31(37)29-30(34(32(35)38)22-11-12-23-42(39,40-7-3)41-8-4)33-28(36(29)24-27-13-9-10-14-27)20-19-26-17-15-25(6-2)16-18-26/h1,15-18,27H,6-14,19-24H2,2-4H3. The van der Waals surface area contributed by atoms with E-state index in [2.05, 4.69) is 41.7 Å². The van der Waals surface area contributed by atoms with Crippen molar-refractivity contribution in [3.8, 4) is 12.3 Å². The summed E-state index contributed by atoms with van der Waals surface area (Å²) in [5, 5.41) is 0. The molecule has 0 saturated heterocycles. The van der Waals surface area contributed by atoms with Crippen molar-refractivity contribution in [1.29, 1.82) is 0 Å². The van der Waals surface area contributed by atoms with Gasteiger partial charge in [-0.15, -0.1) is 6.42 Å². The second kappa shape index (κ2) is 15.0. The maximum Gasteiger partial charge on any atom is 0.333 e. The highest BCUT2D eigenvalue weighted by Gasteiger charge is 2.26. The molecule has 0 N–H and O–H groups in total. The van der Waals surface area contributed by atoms with E-state index in [9.17, 15) is 14.2 Å². The Morgan fingerprint density at radius 2 is 1.62 bits per heavy atom. The zero-order valence-corrected chi connectivity index (χ0v) is 26.2. The van der Waals surface area contributed by atoms with Gasteiger partial charge in [-0.25, -0.2) is 14.3 Å². The number of fused-ring (bicyclic) bond motifs is 1. The fourth-order valence-corrected chi connectivity index (χ4v) is 7.67. The summed E-state index contributed by atoms with van der Waals surface area (Å²) in [4.78, 5) is 32.3. The van der Waals surface area contributed by atoms with Crippen LogP contribution in [0.4, 0.5) is 0 Å². The molecular weight excluding hydrogens is 551 g/mol. The Labute approximate surface area is 248 Å². The van der Waals surface area contributed by atoms with Gasteiger partial charge in [-0.1, -0.05) is 50.0 Å². The normalized spacial score (nSPS) is 14.1. The average Bonchev–Trinajstić information content (AvgIpc) is 3.62. The summed E-state index contributed by atoms with van der Waals surface area (Å²) in [6.45, 7) is 7.24. The first-order valence-corrected chi connectivity index (χ1v) is 17.2. The quantitative estimate of drug-likeness (QED) is 0.122. The van der Waals surface area contributed by atoms with Gasteiger partial charge in [0.15, 0.2) is 11.2 Å². The van der Waals surface area contributed by atoms with E-state index in [1.165, 1.54) is 24.0 Å². The van der Waals surface area contributed by atoms with Crippen molar-refractivity contribution in [3.63, 3.8) is 0 Å². The van der Waals surface area contributed by atoms with Crippen molar-refractivity contribution >= 4 is 18.8 Å². The van der Waals surface area contributed by atoms with Gasteiger partial charge in [-0.2, -0.15) is 0 Å². The van der Waals surface area contributed by atoms with E-state index in [1.807, 2.05) is 0 Å². The minimum atomic E-state index is -3.18. The molecule has 0 bridgehead atoms. The lowest BCUT2D eigenvalue weighted by atomic mass is 10.1. The third-order valence-electron chi connectivity index (χ3n) is 8.14. The number of nitrogens with zero attached hydrogens (tertiary/aromatic N) is 4. The molecule has 1 aliphatic carbocycles. The lowest BCUT2D eigenvalue weighted by Gasteiger charge is -2.17. The molecule has 9 nitrogen and oxygen atoms in total. The average molecular weight is 597 g/mol. The Kier molecular flexibility index (Phi) is 11.4. The van der Waals surface area contributed by atoms with Crippen LogP contribution in [-0.4, -0.2) is 38.1 Å². The molecule has 2 heterocycles. The summed E-state index contributed by atoms with van der Waals surface area (Å²) in [6, 6.07) is 8.62. The van der Waals surface area contributed by atoms with Gasteiger partial charge in [-0.05, 0) is 69.4 Å². The number of hydrogen-bond acceptors (Lipinski definition) is 6. The molecule has 0 atom stereocenters. The molecule has 1 aromatic carbocycles. The second-order valence-electron chi connectivity index (χ2n) is 11.0. The highest BCUT2D eigenvalue weighted by molar-refractivity contribution is 7.53. The molecule has 1 saturated carbocycles. The van der Waals surface area contributed by atoms with E-state index in [0.717, 1.165) is 36.1 Å². The number of rotatable bonds is 16. The van der Waals surface area contributed by atoms with Crippen LogP contribution in [0.3, 0.4) is 0 Å². The Bertz CT molecular complexity index is 1530. The molecule has 0 radical (unpaired) electrons. The fourth-order valence-electron chi connectivity index (χ4n) is 5.94. The summed E-state index contributed by atoms with van der Waals surface area (Å²) < 4.78 is 28.6. The highest BCUT2D eigenvalue weighted by Crippen LogP contribution is 2.48. The Morgan fingerprint density at radius 1 is 0.952 bits per heavy atom. The first-order valence-electron chi connectivity index (χ1n) is 15.5. The minimum Gasteiger partial charge on any atom is -0.322 e.